The van der Waals surface area contributed by atoms with Crippen LogP contribution in [-0.2, 0) is 0 Å². The quantitative estimate of drug-likeness (QED) is 0.457. The number of primary amides is 1. The molecule has 0 heterocycles. The van der Waals surface area contributed by atoms with E-state index in [1.165, 1.54) is 6.42 Å². The lowest BCUT2D eigenvalue weighted by molar-refractivity contribution is 0.249. The second-order valence-corrected chi connectivity index (χ2v) is 3.57. The largest absolute Gasteiger partial charge is 0.350 e. The number of amides is 2. The molecule has 1 saturated carbocycles. The van der Waals surface area contributed by atoms with Crippen LogP contribution in [0.2, 0.25) is 0 Å². The van der Waals surface area contributed by atoms with Crippen LogP contribution in [0.1, 0.15) is 19.3 Å². The van der Waals surface area contributed by atoms with Crippen molar-refractivity contribution in [2.75, 3.05) is 0 Å². The molecule has 0 aliphatic heterocycles. The van der Waals surface area contributed by atoms with Crippen molar-refractivity contribution in [2.24, 2.45) is 22.7 Å². The number of allylic oxidation sites excluding steroid dienone is 2. The van der Waals surface area contributed by atoms with Crippen molar-refractivity contribution in [3.05, 3.63) is 12.2 Å². The molecule has 1 fully saturated rings. The molecule has 0 unspecified atom stereocenters. The molecule has 0 saturated heterocycles. The Labute approximate surface area is 76.9 Å². The van der Waals surface area contributed by atoms with Crippen molar-refractivity contribution in [3.8, 4) is 0 Å². The van der Waals surface area contributed by atoms with Crippen molar-refractivity contribution >= 4 is 11.7 Å². The third kappa shape index (κ3) is 1.56. The number of hydrazone groups is 1. The number of urea groups is 1. The highest BCUT2D eigenvalue weighted by Crippen LogP contribution is 2.37. The Bertz CT molecular complexity index is 283. The highest BCUT2D eigenvalue weighted by molar-refractivity contribution is 5.91. The monoisotopic (exact) mass is 179 g/mol. The summed E-state index contributed by atoms with van der Waals surface area (Å²) in [5.74, 6) is 1.17. The summed E-state index contributed by atoms with van der Waals surface area (Å²) in [4.78, 5) is 10.4. The molecule has 0 aromatic carbocycles. The molecule has 13 heavy (non-hydrogen) atoms. The van der Waals surface area contributed by atoms with E-state index in [4.69, 9.17) is 5.73 Å². The van der Waals surface area contributed by atoms with Crippen LogP contribution in [0.25, 0.3) is 0 Å². The third-order valence-corrected chi connectivity index (χ3v) is 2.76. The van der Waals surface area contributed by atoms with Crippen LogP contribution < -0.4 is 11.2 Å². The van der Waals surface area contributed by atoms with Gasteiger partial charge in [0.1, 0.15) is 0 Å². The SMILES string of the molecule is NC(=O)N/N=C1/CC[C@@H]2CC=C[C@H]12. The van der Waals surface area contributed by atoms with Gasteiger partial charge in [0.15, 0.2) is 0 Å². The molecule has 2 atom stereocenters. The third-order valence-electron chi connectivity index (χ3n) is 2.76. The van der Waals surface area contributed by atoms with E-state index in [1.54, 1.807) is 0 Å². The molecule has 4 heteroatoms. The molecular weight excluding hydrogens is 166 g/mol. The maximum atomic E-state index is 10.4. The maximum absolute atomic E-state index is 10.4. The summed E-state index contributed by atoms with van der Waals surface area (Å²) >= 11 is 0. The molecule has 2 rings (SSSR count). The van der Waals surface area contributed by atoms with E-state index >= 15 is 0 Å². The van der Waals surface area contributed by atoms with Crippen molar-refractivity contribution in [1.82, 2.24) is 5.43 Å². The Morgan fingerprint density at radius 2 is 2.54 bits per heavy atom. The summed E-state index contributed by atoms with van der Waals surface area (Å²) in [6.45, 7) is 0. The summed E-state index contributed by atoms with van der Waals surface area (Å²) < 4.78 is 0. The summed E-state index contributed by atoms with van der Waals surface area (Å²) in [5, 5.41) is 4.01. The van der Waals surface area contributed by atoms with Crippen LogP contribution in [0.4, 0.5) is 4.79 Å². The number of carbonyl (C=O) groups excluding carboxylic acids is 1. The lowest BCUT2D eigenvalue weighted by Crippen LogP contribution is -2.26. The zero-order valence-electron chi connectivity index (χ0n) is 7.36. The lowest BCUT2D eigenvalue weighted by atomic mass is 9.99. The summed E-state index contributed by atoms with van der Waals surface area (Å²) in [6.07, 6.45) is 7.69. The van der Waals surface area contributed by atoms with Crippen LogP contribution >= 0.6 is 0 Å². The van der Waals surface area contributed by atoms with E-state index in [0.717, 1.165) is 18.6 Å². The second kappa shape index (κ2) is 3.20. The first-order valence-corrected chi connectivity index (χ1v) is 4.56. The Morgan fingerprint density at radius 1 is 1.69 bits per heavy atom. The molecule has 2 aliphatic carbocycles. The van der Waals surface area contributed by atoms with Crippen molar-refractivity contribution in [2.45, 2.75) is 19.3 Å². The zero-order valence-corrected chi connectivity index (χ0v) is 7.36. The number of hydrogen-bond donors (Lipinski definition) is 2. The molecule has 4 nitrogen and oxygen atoms in total. The minimum absolute atomic E-state index is 0.451. The summed E-state index contributed by atoms with van der Waals surface area (Å²) in [7, 11) is 0. The molecule has 3 N–H and O–H groups in total. The van der Waals surface area contributed by atoms with Crippen molar-refractivity contribution < 1.29 is 4.79 Å². The van der Waals surface area contributed by atoms with Gasteiger partial charge in [-0.3, -0.25) is 0 Å². The lowest BCUT2D eigenvalue weighted by Gasteiger charge is -2.07. The van der Waals surface area contributed by atoms with E-state index in [9.17, 15) is 4.79 Å². The first kappa shape index (κ1) is 8.29. The standard InChI is InChI=1S/C9H13N3O/c10-9(13)12-11-8-5-4-6-2-1-3-7(6)8/h1,3,6-7H,2,4-5H2,(H3,10,12,13)/b11-8-/t6-,7-/m0/s1. The topological polar surface area (TPSA) is 67.5 Å². The molecule has 2 aliphatic rings. The van der Waals surface area contributed by atoms with Crippen LogP contribution in [-0.4, -0.2) is 11.7 Å². The van der Waals surface area contributed by atoms with Gasteiger partial charge in [0.2, 0.25) is 0 Å². The van der Waals surface area contributed by atoms with Crippen LogP contribution in [0.15, 0.2) is 17.3 Å². The molecule has 70 valence electrons. The molecule has 0 bridgehead atoms. The predicted octanol–water partition coefficient (Wildman–Crippen LogP) is 0.997. The maximum Gasteiger partial charge on any atom is 0.332 e. The Balaban J connectivity index is 2.04. The van der Waals surface area contributed by atoms with E-state index < -0.39 is 6.03 Å². The fraction of sp³-hybridized carbons (Fsp3) is 0.556. The van der Waals surface area contributed by atoms with E-state index in [-0.39, 0.29) is 0 Å². The van der Waals surface area contributed by atoms with Gasteiger partial charge in [-0.05, 0) is 25.2 Å². The zero-order chi connectivity index (χ0) is 9.26. The van der Waals surface area contributed by atoms with Gasteiger partial charge in [0.05, 0.1) is 0 Å². The fourth-order valence-corrected chi connectivity index (χ4v) is 2.14. The number of nitrogens with two attached hydrogens (primary N) is 1. The molecule has 0 aromatic heterocycles. The van der Waals surface area contributed by atoms with Gasteiger partial charge in [-0.15, -0.1) is 0 Å². The van der Waals surface area contributed by atoms with Crippen LogP contribution in [0.3, 0.4) is 0 Å². The van der Waals surface area contributed by atoms with Crippen molar-refractivity contribution in [1.29, 1.82) is 0 Å². The van der Waals surface area contributed by atoms with Crippen LogP contribution in [0.5, 0.6) is 0 Å². The van der Waals surface area contributed by atoms with Gasteiger partial charge in [-0.1, -0.05) is 12.2 Å². The average molecular weight is 179 g/mol. The van der Waals surface area contributed by atoms with Crippen molar-refractivity contribution in [3.63, 3.8) is 0 Å². The number of fused-ring (bicyclic) bond motifs is 1. The molecule has 2 amide bonds. The number of nitrogens with zero attached hydrogens (tertiary/aromatic N) is 1. The Hall–Kier alpha value is -1.32. The highest BCUT2D eigenvalue weighted by Gasteiger charge is 2.33. The van der Waals surface area contributed by atoms with Gasteiger partial charge in [-0.25, -0.2) is 10.2 Å². The molecular formula is C9H13N3O. The number of hydrogen-bond acceptors (Lipinski definition) is 2. The van der Waals surface area contributed by atoms with Gasteiger partial charge < -0.3 is 5.73 Å². The number of rotatable bonds is 1. The summed E-state index contributed by atoms with van der Waals surface area (Å²) in [6, 6.07) is -0.585. The van der Waals surface area contributed by atoms with E-state index in [1.807, 2.05) is 0 Å². The Morgan fingerprint density at radius 3 is 3.31 bits per heavy atom. The minimum atomic E-state index is -0.585. The van der Waals surface area contributed by atoms with Gasteiger partial charge >= 0.3 is 6.03 Å². The van der Waals surface area contributed by atoms with Gasteiger partial charge in [0.25, 0.3) is 0 Å². The second-order valence-electron chi connectivity index (χ2n) is 3.57. The first-order chi connectivity index (χ1) is 6.27. The highest BCUT2D eigenvalue weighted by atomic mass is 16.2. The van der Waals surface area contributed by atoms with E-state index in [2.05, 4.69) is 22.7 Å². The smallest absolute Gasteiger partial charge is 0.332 e. The number of carbonyl (C=O) groups is 1. The average Bonchev–Trinajstić information content (AvgIpc) is 2.60. The summed E-state index contributed by atoms with van der Waals surface area (Å²) in [5.41, 5.74) is 8.29. The fourth-order valence-electron chi connectivity index (χ4n) is 2.14. The first-order valence-electron chi connectivity index (χ1n) is 4.56. The minimum Gasteiger partial charge on any atom is -0.350 e. The molecule has 0 spiro atoms. The van der Waals surface area contributed by atoms with E-state index in [0.29, 0.717) is 11.8 Å². The Kier molecular flexibility index (Phi) is 2.04. The predicted molar refractivity (Wildman–Crippen MR) is 50.1 cm³/mol. The van der Waals surface area contributed by atoms with Gasteiger partial charge in [-0.2, -0.15) is 5.10 Å². The van der Waals surface area contributed by atoms with Crippen LogP contribution in [0, 0.1) is 11.8 Å². The normalized spacial score (nSPS) is 33.7. The molecule has 0 aromatic rings. The molecule has 0 radical (unpaired) electrons. The van der Waals surface area contributed by atoms with Gasteiger partial charge in [0, 0.05) is 11.6 Å². The number of nitrogens with one attached hydrogen (secondary N) is 1.